The molecule has 1 saturated heterocycles. The third-order valence-electron chi connectivity index (χ3n) is 4.25. The van der Waals surface area contributed by atoms with Crippen LogP contribution in [-0.4, -0.2) is 42.9 Å². The number of thiophene rings is 1. The summed E-state index contributed by atoms with van der Waals surface area (Å²) in [5.41, 5.74) is 0.974. The zero-order valence-corrected chi connectivity index (χ0v) is 19.0. The summed E-state index contributed by atoms with van der Waals surface area (Å²) in [7, 11) is 0. The Hall–Kier alpha value is -2.78. The summed E-state index contributed by atoms with van der Waals surface area (Å²) >= 11 is 7.03. The molecule has 1 aliphatic rings. The molecular formula is C21H24ClN3O5S. The molecule has 0 bridgehead atoms. The Morgan fingerprint density at radius 3 is 2.52 bits per heavy atom. The van der Waals surface area contributed by atoms with Crippen molar-refractivity contribution in [3.05, 3.63) is 51.2 Å². The minimum absolute atomic E-state index is 0.203. The molecule has 0 radical (unpaired) electrons. The Labute approximate surface area is 189 Å². The highest BCUT2D eigenvalue weighted by molar-refractivity contribution is 7.18. The number of hydrogen-bond acceptors (Lipinski definition) is 6. The third-order valence-corrected chi connectivity index (χ3v) is 5.48. The smallest absolute Gasteiger partial charge is 0.414 e. The van der Waals surface area contributed by atoms with Crippen molar-refractivity contribution in [2.45, 2.75) is 39.0 Å². The number of rotatable bonds is 6. The van der Waals surface area contributed by atoms with E-state index in [0.717, 1.165) is 5.56 Å². The minimum Gasteiger partial charge on any atom is -0.444 e. The molecule has 31 heavy (non-hydrogen) atoms. The summed E-state index contributed by atoms with van der Waals surface area (Å²) in [5.74, 6) is -0.256. The molecule has 1 unspecified atom stereocenters. The zero-order chi connectivity index (χ0) is 22.6. The van der Waals surface area contributed by atoms with Gasteiger partial charge in [-0.05, 0) is 50.6 Å². The van der Waals surface area contributed by atoms with Crippen LogP contribution in [0.2, 0.25) is 4.34 Å². The van der Waals surface area contributed by atoms with Gasteiger partial charge in [-0.1, -0.05) is 23.7 Å². The van der Waals surface area contributed by atoms with E-state index in [0.29, 0.717) is 28.0 Å². The molecule has 1 atom stereocenters. The number of carbonyl (C=O) groups excluding carboxylic acids is 3. The van der Waals surface area contributed by atoms with Gasteiger partial charge in [-0.2, -0.15) is 0 Å². The highest BCUT2D eigenvalue weighted by atomic mass is 35.5. The van der Waals surface area contributed by atoms with Gasteiger partial charge in [0.1, 0.15) is 11.7 Å². The van der Waals surface area contributed by atoms with E-state index in [1.54, 1.807) is 45.0 Å². The number of benzene rings is 1. The average molecular weight is 466 g/mol. The summed E-state index contributed by atoms with van der Waals surface area (Å²) in [6.07, 6.45) is -1.42. The van der Waals surface area contributed by atoms with Crippen LogP contribution in [0.4, 0.5) is 15.3 Å². The van der Waals surface area contributed by atoms with Crippen LogP contribution in [0.15, 0.2) is 36.4 Å². The number of hydrogen-bond donors (Lipinski definition) is 2. The van der Waals surface area contributed by atoms with Gasteiger partial charge in [-0.15, -0.1) is 11.3 Å². The predicted octanol–water partition coefficient (Wildman–Crippen LogP) is 4.18. The van der Waals surface area contributed by atoms with Crippen molar-refractivity contribution >= 4 is 46.7 Å². The molecule has 2 aromatic rings. The number of amides is 3. The molecule has 1 aliphatic heterocycles. The second-order valence-corrected chi connectivity index (χ2v) is 9.67. The summed E-state index contributed by atoms with van der Waals surface area (Å²) < 4.78 is 11.1. The first kappa shape index (κ1) is 22.9. The van der Waals surface area contributed by atoms with Gasteiger partial charge in [0.2, 0.25) is 0 Å². The summed E-state index contributed by atoms with van der Waals surface area (Å²) in [4.78, 5) is 38.1. The number of halogens is 1. The normalized spacial score (nSPS) is 16.1. The fourth-order valence-corrected chi connectivity index (χ4v) is 3.81. The summed E-state index contributed by atoms with van der Waals surface area (Å²) in [6, 6.07) is 10.5. The van der Waals surface area contributed by atoms with Crippen LogP contribution in [0.5, 0.6) is 0 Å². The molecule has 2 heterocycles. The van der Waals surface area contributed by atoms with Crippen LogP contribution >= 0.6 is 22.9 Å². The van der Waals surface area contributed by atoms with Crippen molar-refractivity contribution < 1.29 is 23.9 Å². The van der Waals surface area contributed by atoms with Gasteiger partial charge in [0, 0.05) is 12.2 Å². The Kier molecular flexibility index (Phi) is 7.07. The van der Waals surface area contributed by atoms with E-state index in [1.165, 1.54) is 16.2 Å². The van der Waals surface area contributed by atoms with Gasteiger partial charge < -0.3 is 20.1 Å². The van der Waals surface area contributed by atoms with Gasteiger partial charge in [0.15, 0.2) is 0 Å². The molecule has 1 aromatic carbocycles. The van der Waals surface area contributed by atoms with Crippen molar-refractivity contribution in [1.29, 1.82) is 0 Å². The Bertz CT molecular complexity index is 955. The van der Waals surface area contributed by atoms with E-state index < -0.39 is 23.9 Å². The highest BCUT2D eigenvalue weighted by Crippen LogP contribution is 2.23. The second kappa shape index (κ2) is 9.57. The van der Waals surface area contributed by atoms with Crippen molar-refractivity contribution in [2.24, 2.45) is 0 Å². The summed E-state index contributed by atoms with van der Waals surface area (Å²) in [5, 5.41) is 5.44. The van der Waals surface area contributed by atoms with E-state index in [1.807, 2.05) is 12.1 Å². The lowest BCUT2D eigenvalue weighted by atomic mass is 10.2. The molecule has 1 aromatic heterocycles. The fourth-order valence-electron chi connectivity index (χ4n) is 2.85. The number of carbonyl (C=O) groups is 3. The van der Waals surface area contributed by atoms with Gasteiger partial charge in [-0.25, -0.2) is 9.59 Å². The van der Waals surface area contributed by atoms with Crippen LogP contribution in [0.3, 0.4) is 0 Å². The van der Waals surface area contributed by atoms with Crippen molar-refractivity contribution in [3.63, 3.8) is 0 Å². The maximum atomic E-state index is 12.2. The fraction of sp³-hybridized carbons (Fsp3) is 0.381. The molecule has 2 N–H and O–H groups in total. The lowest BCUT2D eigenvalue weighted by Gasteiger charge is -2.19. The molecule has 3 amide bonds. The lowest BCUT2D eigenvalue weighted by molar-refractivity contribution is 0.0523. The first-order valence-electron chi connectivity index (χ1n) is 9.68. The largest absolute Gasteiger partial charge is 0.444 e. The Morgan fingerprint density at radius 2 is 1.90 bits per heavy atom. The van der Waals surface area contributed by atoms with Crippen molar-refractivity contribution in [1.82, 2.24) is 10.6 Å². The van der Waals surface area contributed by atoms with Gasteiger partial charge in [0.25, 0.3) is 5.91 Å². The predicted molar refractivity (Wildman–Crippen MR) is 119 cm³/mol. The molecule has 10 heteroatoms. The first-order valence-corrected chi connectivity index (χ1v) is 10.9. The molecular weight excluding hydrogens is 442 g/mol. The maximum absolute atomic E-state index is 12.2. The van der Waals surface area contributed by atoms with E-state index in [4.69, 9.17) is 21.1 Å². The van der Waals surface area contributed by atoms with Crippen LogP contribution in [0.25, 0.3) is 0 Å². The quantitative estimate of drug-likeness (QED) is 0.667. The van der Waals surface area contributed by atoms with E-state index in [9.17, 15) is 14.4 Å². The topological polar surface area (TPSA) is 97.0 Å². The zero-order valence-electron chi connectivity index (χ0n) is 17.4. The lowest BCUT2D eigenvalue weighted by Crippen LogP contribution is -2.34. The minimum atomic E-state index is -0.559. The van der Waals surface area contributed by atoms with Gasteiger partial charge >= 0.3 is 12.2 Å². The number of alkyl carbamates (subject to hydrolysis) is 1. The molecule has 1 fully saturated rings. The van der Waals surface area contributed by atoms with Gasteiger partial charge in [-0.3, -0.25) is 9.69 Å². The van der Waals surface area contributed by atoms with Crippen molar-refractivity contribution in [2.75, 3.05) is 18.0 Å². The molecule has 0 saturated carbocycles. The average Bonchev–Trinajstić information content (AvgIpc) is 3.29. The Morgan fingerprint density at radius 1 is 1.19 bits per heavy atom. The van der Waals surface area contributed by atoms with Gasteiger partial charge in [0.05, 0.1) is 22.3 Å². The molecule has 0 spiro atoms. The number of nitrogens with zero attached hydrogens (tertiary/aromatic N) is 1. The third kappa shape index (κ3) is 6.60. The highest BCUT2D eigenvalue weighted by Gasteiger charge is 2.32. The number of cyclic esters (lactones) is 1. The molecule has 3 rings (SSSR count). The van der Waals surface area contributed by atoms with Crippen LogP contribution in [0, 0.1) is 0 Å². The number of anilines is 1. The molecule has 0 aliphatic carbocycles. The monoisotopic (exact) mass is 465 g/mol. The van der Waals surface area contributed by atoms with Crippen LogP contribution in [-0.2, 0) is 16.0 Å². The number of nitrogens with one attached hydrogen (secondary N) is 2. The summed E-state index contributed by atoms with van der Waals surface area (Å²) in [6.45, 7) is 6.22. The Balaban J connectivity index is 1.49. The van der Waals surface area contributed by atoms with E-state index in [-0.39, 0.29) is 12.5 Å². The van der Waals surface area contributed by atoms with E-state index in [2.05, 4.69) is 10.6 Å². The maximum Gasteiger partial charge on any atom is 0.414 e. The first-order chi connectivity index (χ1) is 14.6. The number of ether oxygens (including phenoxy) is 2. The second-order valence-electron chi connectivity index (χ2n) is 7.95. The van der Waals surface area contributed by atoms with Crippen LogP contribution < -0.4 is 15.5 Å². The standard InChI is InChI=1S/C21H24ClN3O5S/c1-21(2,3)30-19(27)24-10-13-4-6-14(7-5-13)25-12-15(29-20(25)28)11-23-18(26)16-8-9-17(22)31-16/h4-9,15H,10-12H2,1-3H3,(H,23,26)(H,24,27). The van der Waals surface area contributed by atoms with Crippen LogP contribution in [0.1, 0.15) is 36.0 Å². The SMILES string of the molecule is CC(C)(C)OC(=O)NCc1ccc(N2CC(CNC(=O)c3ccc(Cl)s3)OC2=O)cc1. The molecule has 8 nitrogen and oxygen atoms in total. The van der Waals surface area contributed by atoms with Crippen molar-refractivity contribution in [3.8, 4) is 0 Å². The molecule has 166 valence electrons. The van der Waals surface area contributed by atoms with E-state index >= 15 is 0 Å².